The lowest BCUT2D eigenvalue weighted by Gasteiger charge is -2.10. The lowest BCUT2D eigenvalue weighted by molar-refractivity contribution is 0.403. The lowest BCUT2D eigenvalue weighted by atomic mass is 10.3. The van der Waals surface area contributed by atoms with Gasteiger partial charge in [-0.05, 0) is 31.9 Å². The van der Waals surface area contributed by atoms with E-state index in [0.29, 0.717) is 24.1 Å². The molecule has 21 heavy (non-hydrogen) atoms. The average Bonchev–Trinajstić information content (AvgIpc) is 3.29. The lowest BCUT2D eigenvalue weighted by Crippen LogP contribution is -2.04. The fourth-order valence-corrected chi connectivity index (χ4v) is 1.97. The summed E-state index contributed by atoms with van der Waals surface area (Å²) in [7, 11) is 0. The van der Waals surface area contributed by atoms with Gasteiger partial charge in [0.15, 0.2) is 11.6 Å². The van der Waals surface area contributed by atoms with Crippen molar-refractivity contribution in [2.45, 2.75) is 25.7 Å². The zero-order valence-electron chi connectivity index (χ0n) is 11.6. The van der Waals surface area contributed by atoms with Crippen molar-refractivity contribution in [3.05, 3.63) is 41.7 Å². The van der Waals surface area contributed by atoms with E-state index in [1.165, 1.54) is 12.1 Å². The maximum absolute atomic E-state index is 13.6. The Labute approximate surface area is 121 Å². The van der Waals surface area contributed by atoms with Gasteiger partial charge >= 0.3 is 0 Å². The number of hydrogen-bond acceptors (Lipinski definition) is 4. The minimum atomic E-state index is -1.02. The topological polar surface area (TPSA) is 47.0 Å². The van der Waals surface area contributed by atoms with E-state index in [1.807, 2.05) is 6.92 Å². The Balaban J connectivity index is 1.91. The van der Waals surface area contributed by atoms with Crippen LogP contribution >= 0.6 is 0 Å². The molecule has 4 nitrogen and oxygen atoms in total. The van der Waals surface area contributed by atoms with E-state index in [4.69, 9.17) is 4.74 Å². The van der Waals surface area contributed by atoms with Gasteiger partial charge in [-0.25, -0.2) is 9.37 Å². The van der Waals surface area contributed by atoms with Crippen molar-refractivity contribution in [2.24, 2.45) is 0 Å². The Morgan fingerprint density at radius 2 is 2.10 bits per heavy atom. The van der Waals surface area contributed by atoms with Crippen LogP contribution in [0.25, 0.3) is 0 Å². The van der Waals surface area contributed by atoms with Gasteiger partial charge in [-0.1, -0.05) is 6.07 Å². The van der Waals surface area contributed by atoms with Gasteiger partial charge in [0.2, 0.25) is 11.7 Å². The van der Waals surface area contributed by atoms with Gasteiger partial charge in [0, 0.05) is 18.5 Å². The summed E-state index contributed by atoms with van der Waals surface area (Å²) < 4.78 is 32.2. The van der Waals surface area contributed by atoms with Crippen LogP contribution in [0, 0.1) is 11.6 Å². The van der Waals surface area contributed by atoms with Gasteiger partial charge in [0.25, 0.3) is 0 Å². The summed E-state index contributed by atoms with van der Waals surface area (Å²) in [6, 6.07) is 5.38. The molecule has 1 N–H and O–H groups in total. The fourth-order valence-electron chi connectivity index (χ4n) is 1.97. The second-order valence-corrected chi connectivity index (χ2v) is 4.91. The number of nitrogens with one attached hydrogen (secondary N) is 1. The first-order valence-electron chi connectivity index (χ1n) is 6.92. The van der Waals surface area contributed by atoms with Crippen LogP contribution in [0.3, 0.4) is 0 Å². The number of halogens is 2. The molecule has 1 heterocycles. The van der Waals surface area contributed by atoms with Crippen LogP contribution in [-0.2, 0) is 0 Å². The third-order valence-corrected chi connectivity index (χ3v) is 3.15. The summed E-state index contributed by atoms with van der Waals surface area (Å²) in [5, 5.41) is 3.08. The molecule has 1 aromatic carbocycles. The highest BCUT2D eigenvalue weighted by Crippen LogP contribution is 2.39. The molecule has 0 aliphatic heterocycles. The summed E-state index contributed by atoms with van der Waals surface area (Å²) in [5.74, 6) is -0.292. The molecule has 0 amide bonds. The van der Waals surface area contributed by atoms with Crippen LogP contribution in [0.5, 0.6) is 11.6 Å². The molecule has 0 spiro atoms. The maximum atomic E-state index is 13.6. The smallest absolute Gasteiger partial charge is 0.224 e. The van der Waals surface area contributed by atoms with E-state index < -0.39 is 11.6 Å². The first-order chi connectivity index (χ1) is 10.2. The molecule has 6 heteroatoms. The maximum Gasteiger partial charge on any atom is 0.224 e. The van der Waals surface area contributed by atoms with Gasteiger partial charge in [-0.3, -0.25) is 0 Å². The average molecular weight is 291 g/mol. The van der Waals surface area contributed by atoms with Crippen LogP contribution < -0.4 is 10.1 Å². The molecule has 0 radical (unpaired) electrons. The highest BCUT2D eigenvalue weighted by molar-refractivity contribution is 5.41. The number of rotatable bonds is 5. The monoisotopic (exact) mass is 291 g/mol. The predicted molar refractivity (Wildman–Crippen MR) is 74.6 cm³/mol. The Bertz CT molecular complexity index is 659. The van der Waals surface area contributed by atoms with Crippen molar-refractivity contribution in [1.29, 1.82) is 0 Å². The quantitative estimate of drug-likeness (QED) is 0.908. The minimum Gasteiger partial charge on any atom is -0.436 e. The minimum absolute atomic E-state index is 0.183. The molecule has 0 unspecified atom stereocenters. The first-order valence-corrected chi connectivity index (χ1v) is 6.92. The van der Waals surface area contributed by atoms with Crippen LogP contribution in [0.2, 0.25) is 0 Å². The molecule has 1 aliphatic carbocycles. The summed E-state index contributed by atoms with van der Waals surface area (Å²) >= 11 is 0. The fraction of sp³-hybridized carbons (Fsp3) is 0.333. The van der Waals surface area contributed by atoms with Gasteiger partial charge in [0.05, 0.1) is 0 Å². The van der Waals surface area contributed by atoms with Crippen molar-refractivity contribution in [1.82, 2.24) is 9.97 Å². The Kier molecular flexibility index (Phi) is 3.68. The van der Waals surface area contributed by atoms with Crippen molar-refractivity contribution in [3.63, 3.8) is 0 Å². The second-order valence-electron chi connectivity index (χ2n) is 4.91. The van der Waals surface area contributed by atoms with E-state index >= 15 is 0 Å². The number of nitrogens with zero attached hydrogens (tertiary/aromatic N) is 2. The third-order valence-electron chi connectivity index (χ3n) is 3.15. The molecule has 0 atom stereocenters. The molecule has 2 aromatic rings. The summed E-state index contributed by atoms with van der Waals surface area (Å²) in [6.45, 7) is 2.65. The van der Waals surface area contributed by atoms with Crippen molar-refractivity contribution in [2.75, 3.05) is 11.9 Å². The molecule has 1 aromatic heterocycles. The van der Waals surface area contributed by atoms with Crippen molar-refractivity contribution >= 4 is 5.82 Å². The standard InChI is InChI=1S/C15H15F2N3O/c1-2-18-12-8-13(20-15(19-12)9-6-7-9)21-11-5-3-4-10(16)14(11)17/h3-5,8-9H,2,6-7H2,1H3,(H,18,19,20). The van der Waals surface area contributed by atoms with E-state index in [-0.39, 0.29) is 11.6 Å². The van der Waals surface area contributed by atoms with Crippen LogP contribution in [0.1, 0.15) is 31.5 Å². The predicted octanol–water partition coefficient (Wildman–Crippen LogP) is 3.86. The molecule has 0 saturated heterocycles. The molecule has 3 rings (SSSR count). The molecular weight excluding hydrogens is 276 g/mol. The van der Waals surface area contributed by atoms with Crippen LogP contribution in [0.4, 0.5) is 14.6 Å². The zero-order chi connectivity index (χ0) is 14.8. The van der Waals surface area contributed by atoms with E-state index in [0.717, 1.165) is 18.9 Å². The summed E-state index contributed by atoms with van der Waals surface area (Å²) in [5.41, 5.74) is 0. The Morgan fingerprint density at radius 3 is 2.81 bits per heavy atom. The van der Waals surface area contributed by atoms with Crippen molar-refractivity contribution < 1.29 is 13.5 Å². The number of benzene rings is 1. The highest BCUT2D eigenvalue weighted by Gasteiger charge is 2.27. The van der Waals surface area contributed by atoms with Gasteiger partial charge < -0.3 is 10.1 Å². The largest absolute Gasteiger partial charge is 0.436 e. The first kappa shape index (κ1) is 13.7. The van der Waals surface area contributed by atoms with Crippen molar-refractivity contribution in [3.8, 4) is 11.6 Å². The van der Waals surface area contributed by atoms with E-state index in [9.17, 15) is 8.78 Å². The molecule has 1 aliphatic rings. The van der Waals surface area contributed by atoms with Gasteiger partial charge in [0.1, 0.15) is 11.6 Å². The molecule has 0 bridgehead atoms. The summed E-state index contributed by atoms with van der Waals surface area (Å²) in [4.78, 5) is 8.68. The summed E-state index contributed by atoms with van der Waals surface area (Å²) in [6.07, 6.45) is 2.09. The highest BCUT2D eigenvalue weighted by atomic mass is 19.2. The second kappa shape index (κ2) is 5.63. The number of aromatic nitrogens is 2. The number of ether oxygens (including phenoxy) is 1. The molecule has 1 saturated carbocycles. The van der Waals surface area contributed by atoms with Gasteiger partial charge in [-0.2, -0.15) is 9.37 Å². The zero-order valence-corrected chi connectivity index (χ0v) is 11.6. The number of hydrogen-bond donors (Lipinski definition) is 1. The van der Waals surface area contributed by atoms with E-state index in [1.54, 1.807) is 6.07 Å². The Hall–Kier alpha value is -2.24. The normalized spacial score (nSPS) is 14.0. The van der Waals surface area contributed by atoms with Crippen LogP contribution in [0.15, 0.2) is 24.3 Å². The Morgan fingerprint density at radius 1 is 1.29 bits per heavy atom. The molecule has 1 fully saturated rings. The SMILES string of the molecule is CCNc1cc(Oc2cccc(F)c2F)nc(C2CC2)n1. The van der Waals surface area contributed by atoms with Gasteiger partial charge in [-0.15, -0.1) is 0 Å². The third kappa shape index (κ3) is 3.09. The number of anilines is 1. The molecular formula is C15H15F2N3O. The van der Waals surface area contributed by atoms with Crippen LogP contribution in [-0.4, -0.2) is 16.5 Å². The van der Waals surface area contributed by atoms with E-state index in [2.05, 4.69) is 15.3 Å². The molecule has 110 valence electrons.